The first-order valence-corrected chi connectivity index (χ1v) is 5.76. The van der Waals surface area contributed by atoms with E-state index >= 15 is 0 Å². The van der Waals surface area contributed by atoms with Gasteiger partial charge in [0.25, 0.3) is 0 Å². The maximum atomic E-state index is 13.4. The highest BCUT2D eigenvalue weighted by atomic mass is 19.1. The van der Waals surface area contributed by atoms with Gasteiger partial charge in [-0.15, -0.1) is 0 Å². The summed E-state index contributed by atoms with van der Waals surface area (Å²) < 4.78 is 31.3. The van der Waals surface area contributed by atoms with Crippen LogP contribution in [-0.4, -0.2) is 18.7 Å². The van der Waals surface area contributed by atoms with Crippen molar-refractivity contribution in [2.45, 2.75) is 0 Å². The second kappa shape index (κ2) is 6.06. The SMILES string of the molecule is O=Cc1ccc(OCC(=O)c2ccc(F)cc2F)cc1. The van der Waals surface area contributed by atoms with Gasteiger partial charge in [-0.1, -0.05) is 0 Å². The molecule has 20 heavy (non-hydrogen) atoms. The molecule has 0 aliphatic rings. The second-order valence-corrected chi connectivity index (χ2v) is 4.02. The van der Waals surface area contributed by atoms with Gasteiger partial charge >= 0.3 is 0 Å². The van der Waals surface area contributed by atoms with Gasteiger partial charge in [-0.2, -0.15) is 0 Å². The summed E-state index contributed by atoms with van der Waals surface area (Å²) >= 11 is 0. The van der Waals surface area contributed by atoms with E-state index in [2.05, 4.69) is 0 Å². The van der Waals surface area contributed by atoms with Crippen molar-refractivity contribution in [3.8, 4) is 5.75 Å². The fraction of sp³-hybridized carbons (Fsp3) is 0.0667. The quantitative estimate of drug-likeness (QED) is 0.622. The minimum absolute atomic E-state index is 0.226. The lowest BCUT2D eigenvalue weighted by Gasteiger charge is -2.06. The molecule has 2 rings (SSSR count). The van der Waals surface area contributed by atoms with Gasteiger partial charge < -0.3 is 4.74 Å². The highest BCUT2D eigenvalue weighted by Crippen LogP contribution is 2.14. The van der Waals surface area contributed by atoms with Gasteiger partial charge in [0, 0.05) is 11.6 Å². The number of ether oxygens (including phenoxy) is 1. The van der Waals surface area contributed by atoms with Gasteiger partial charge in [0.2, 0.25) is 5.78 Å². The zero-order chi connectivity index (χ0) is 14.5. The molecule has 0 fully saturated rings. The first kappa shape index (κ1) is 13.9. The standard InChI is InChI=1S/C15H10F2O3/c16-11-3-6-13(14(17)7-11)15(19)9-20-12-4-1-10(8-18)2-5-12/h1-8H,9H2. The molecule has 0 aliphatic heterocycles. The first-order chi connectivity index (χ1) is 9.60. The third-order valence-corrected chi connectivity index (χ3v) is 2.62. The summed E-state index contributed by atoms with van der Waals surface area (Å²) in [7, 11) is 0. The number of aldehydes is 1. The lowest BCUT2D eigenvalue weighted by atomic mass is 10.1. The van der Waals surface area contributed by atoms with Gasteiger partial charge in [-0.25, -0.2) is 8.78 Å². The molecular formula is C15H10F2O3. The van der Waals surface area contributed by atoms with Crippen LogP contribution in [-0.2, 0) is 0 Å². The number of rotatable bonds is 5. The summed E-state index contributed by atoms with van der Waals surface area (Å²) in [6.45, 7) is -0.372. The van der Waals surface area contributed by atoms with Crippen LogP contribution in [0.2, 0.25) is 0 Å². The number of halogens is 2. The average Bonchev–Trinajstić information content (AvgIpc) is 2.45. The number of benzene rings is 2. The molecule has 0 radical (unpaired) electrons. The Morgan fingerprint density at radius 2 is 1.80 bits per heavy atom. The van der Waals surface area contributed by atoms with E-state index in [0.29, 0.717) is 23.7 Å². The Kier molecular flexibility index (Phi) is 4.20. The molecule has 0 bridgehead atoms. The lowest BCUT2D eigenvalue weighted by Crippen LogP contribution is -2.13. The predicted octanol–water partition coefficient (Wildman–Crippen LogP) is 3.04. The van der Waals surface area contributed by atoms with Crippen molar-refractivity contribution in [3.05, 3.63) is 65.2 Å². The van der Waals surface area contributed by atoms with E-state index in [1.807, 2.05) is 0 Å². The summed E-state index contributed by atoms with van der Waals surface area (Å²) in [4.78, 5) is 22.2. The summed E-state index contributed by atoms with van der Waals surface area (Å²) in [6.07, 6.45) is 0.683. The monoisotopic (exact) mass is 276 g/mol. The summed E-state index contributed by atoms with van der Waals surface area (Å²) in [5, 5.41) is 0. The number of carbonyl (C=O) groups excluding carboxylic acids is 2. The largest absolute Gasteiger partial charge is 0.485 e. The third-order valence-electron chi connectivity index (χ3n) is 2.62. The topological polar surface area (TPSA) is 43.4 Å². The van der Waals surface area contributed by atoms with E-state index in [1.165, 1.54) is 24.3 Å². The van der Waals surface area contributed by atoms with Crippen molar-refractivity contribution in [2.75, 3.05) is 6.61 Å². The van der Waals surface area contributed by atoms with Crippen LogP contribution in [0.4, 0.5) is 8.78 Å². The Hall–Kier alpha value is -2.56. The molecular weight excluding hydrogens is 266 g/mol. The summed E-state index contributed by atoms with van der Waals surface area (Å²) in [5.41, 5.74) is 0.254. The molecule has 0 saturated carbocycles. The Morgan fingerprint density at radius 1 is 1.10 bits per heavy atom. The second-order valence-electron chi connectivity index (χ2n) is 4.02. The van der Waals surface area contributed by atoms with Crippen molar-refractivity contribution in [1.29, 1.82) is 0 Å². The highest BCUT2D eigenvalue weighted by Gasteiger charge is 2.13. The fourth-order valence-electron chi connectivity index (χ4n) is 1.58. The highest BCUT2D eigenvalue weighted by molar-refractivity contribution is 5.97. The molecule has 0 atom stereocenters. The number of hydrogen-bond donors (Lipinski definition) is 0. The molecule has 3 nitrogen and oxygen atoms in total. The normalized spacial score (nSPS) is 10.1. The molecule has 0 unspecified atom stereocenters. The van der Waals surface area contributed by atoms with Gasteiger partial charge in [-0.05, 0) is 36.4 Å². The molecule has 0 heterocycles. The number of Topliss-reactive ketones (excluding diaryl/α,β-unsaturated/α-hetero) is 1. The van der Waals surface area contributed by atoms with Crippen LogP contribution in [0.5, 0.6) is 5.75 Å². The van der Waals surface area contributed by atoms with Crippen LogP contribution in [0.25, 0.3) is 0 Å². The molecule has 5 heteroatoms. The van der Waals surface area contributed by atoms with Crippen molar-refractivity contribution >= 4 is 12.1 Å². The van der Waals surface area contributed by atoms with Crippen molar-refractivity contribution in [3.63, 3.8) is 0 Å². The average molecular weight is 276 g/mol. The van der Waals surface area contributed by atoms with Gasteiger partial charge in [0.15, 0.2) is 6.61 Å². The van der Waals surface area contributed by atoms with E-state index in [4.69, 9.17) is 4.74 Å². The summed E-state index contributed by atoms with van der Waals surface area (Å²) in [5.74, 6) is -1.88. The number of carbonyl (C=O) groups is 2. The van der Waals surface area contributed by atoms with Crippen LogP contribution in [0.3, 0.4) is 0 Å². The Balaban J connectivity index is 2.02. The van der Waals surface area contributed by atoms with E-state index in [1.54, 1.807) is 0 Å². The minimum atomic E-state index is -0.921. The van der Waals surface area contributed by atoms with Crippen LogP contribution < -0.4 is 4.74 Å². The Bertz CT molecular complexity index is 636. The minimum Gasteiger partial charge on any atom is -0.485 e. The van der Waals surface area contributed by atoms with Crippen LogP contribution in [0.15, 0.2) is 42.5 Å². The van der Waals surface area contributed by atoms with E-state index in [-0.39, 0.29) is 12.2 Å². The van der Waals surface area contributed by atoms with Crippen LogP contribution >= 0.6 is 0 Å². The van der Waals surface area contributed by atoms with Gasteiger partial charge in [-0.3, -0.25) is 9.59 Å². The summed E-state index contributed by atoms with van der Waals surface area (Å²) in [6, 6.07) is 8.85. The molecule has 0 amide bonds. The zero-order valence-corrected chi connectivity index (χ0v) is 10.3. The van der Waals surface area contributed by atoms with Gasteiger partial charge in [0.1, 0.15) is 23.7 Å². The molecule has 0 aromatic heterocycles. The van der Waals surface area contributed by atoms with Crippen molar-refractivity contribution < 1.29 is 23.1 Å². The molecule has 2 aromatic rings. The zero-order valence-electron chi connectivity index (χ0n) is 10.3. The van der Waals surface area contributed by atoms with Crippen LogP contribution in [0, 0.1) is 11.6 Å². The van der Waals surface area contributed by atoms with Crippen LogP contribution in [0.1, 0.15) is 20.7 Å². The van der Waals surface area contributed by atoms with E-state index in [0.717, 1.165) is 12.1 Å². The van der Waals surface area contributed by atoms with Crippen molar-refractivity contribution in [2.24, 2.45) is 0 Å². The molecule has 0 spiro atoms. The van der Waals surface area contributed by atoms with Crippen molar-refractivity contribution in [1.82, 2.24) is 0 Å². The number of hydrogen-bond acceptors (Lipinski definition) is 3. The smallest absolute Gasteiger partial charge is 0.203 e. The predicted molar refractivity (Wildman–Crippen MR) is 68.0 cm³/mol. The lowest BCUT2D eigenvalue weighted by molar-refractivity contribution is 0.0917. The van der Waals surface area contributed by atoms with Gasteiger partial charge in [0.05, 0.1) is 5.56 Å². The maximum absolute atomic E-state index is 13.4. The molecule has 102 valence electrons. The molecule has 2 aromatic carbocycles. The maximum Gasteiger partial charge on any atom is 0.203 e. The molecule has 0 aliphatic carbocycles. The third kappa shape index (κ3) is 3.26. The fourth-order valence-corrected chi connectivity index (χ4v) is 1.58. The number of ketones is 1. The van der Waals surface area contributed by atoms with E-state index in [9.17, 15) is 18.4 Å². The Labute approximate surface area is 113 Å². The first-order valence-electron chi connectivity index (χ1n) is 5.76. The Morgan fingerprint density at radius 3 is 2.40 bits per heavy atom. The molecule has 0 saturated heterocycles. The van der Waals surface area contributed by atoms with E-state index < -0.39 is 17.4 Å². The molecule has 0 N–H and O–H groups in total.